The van der Waals surface area contributed by atoms with Gasteiger partial charge in [-0.15, -0.1) is 0 Å². The Morgan fingerprint density at radius 1 is 1.10 bits per heavy atom. The molecule has 3 rings (SSSR count). The first-order valence-corrected chi connectivity index (χ1v) is 13.0. The first-order valence-electron chi connectivity index (χ1n) is 11.2. The number of nitrogens with zero attached hydrogens (tertiary/aromatic N) is 1. The number of nitrogens with one attached hydrogen (secondary N) is 1. The topological polar surface area (TPSA) is 66.5 Å². The van der Waals surface area contributed by atoms with E-state index in [-0.39, 0.29) is 18.0 Å². The van der Waals surface area contributed by atoms with Gasteiger partial charge in [-0.3, -0.25) is 4.79 Å². The molecular formula is C25H34N2O3S. The fourth-order valence-electron chi connectivity index (χ4n) is 4.55. The van der Waals surface area contributed by atoms with Crippen molar-refractivity contribution in [3.8, 4) is 0 Å². The normalized spacial score (nSPS) is 19.4. The van der Waals surface area contributed by atoms with Gasteiger partial charge in [-0.1, -0.05) is 61.0 Å². The lowest BCUT2D eigenvalue weighted by molar-refractivity contribution is -0.135. The van der Waals surface area contributed by atoms with Crippen LogP contribution in [0.25, 0.3) is 0 Å². The molecule has 2 aromatic rings. The molecule has 6 heteroatoms. The van der Waals surface area contributed by atoms with Crippen molar-refractivity contribution < 1.29 is 13.2 Å². The molecule has 0 bridgehead atoms. The Morgan fingerprint density at radius 2 is 1.77 bits per heavy atom. The summed E-state index contributed by atoms with van der Waals surface area (Å²) < 4.78 is 26.7. The molecule has 0 aliphatic carbocycles. The molecule has 1 amide bonds. The van der Waals surface area contributed by atoms with Crippen LogP contribution in [-0.2, 0) is 27.7 Å². The zero-order chi connectivity index (χ0) is 22.4. The second kappa shape index (κ2) is 10.4. The first kappa shape index (κ1) is 23.5. The van der Waals surface area contributed by atoms with Crippen LogP contribution in [0.5, 0.6) is 0 Å². The monoisotopic (exact) mass is 442 g/mol. The Bertz CT molecular complexity index is 1000. The highest BCUT2D eigenvalue weighted by Gasteiger charge is 2.35. The van der Waals surface area contributed by atoms with Crippen molar-refractivity contribution in [2.45, 2.75) is 64.5 Å². The van der Waals surface area contributed by atoms with Crippen LogP contribution in [0.15, 0.2) is 48.5 Å². The van der Waals surface area contributed by atoms with E-state index < -0.39 is 10.0 Å². The van der Waals surface area contributed by atoms with E-state index >= 15 is 0 Å². The Balaban J connectivity index is 1.83. The maximum atomic E-state index is 12.8. The molecule has 1 saturated heterocycles. The van der Waals surface area contributed by atoms with Crippen molar-refractivity contribution in [1.82, 2.24) is 9.62 Å². The van der Waals surface area contributed by atoms with Gasteiger partial charge in [0.25, 0.3) is 0 Å². The number of hydrogen-bond donors (Lipinski definition) is 1. The number of carbonyl (C=O) groups is 1. The molecule has 1 aliphatic rings. The van der Waals surface area contributed by atoms with E-state index in [4.69, 9.17) is 0 Å². The quantitative estimate of drug-likeness (QED) is 0.676. The van der Waals surface area contributed by atoms with Crippen molar-refractivity contribution in [3.05, 3.63) is 70.8 Å². The van der Waals surface area contributed by atoms with Crippen LogP contribution in [0.3, 0.4) is 0 Å². The first-order chi connectivity index (χ1) is 14.7. The molecule has 1 N–H and O–H groups in total. The highest BCUT2D eigenvalue weighted by Crippen LogP contribution is 2.24. The van der Waals surface area contributed by atoms with Crippen LogP contribution >= 0.6 is 0 Å². The van der Waals surface area contributed by atoms with Crippen LogP contribution in [0.1, 0.15) is 54.9 Å². The van der Waals surface area contributed by atoms with Crippen molar-refractivity contribution in [1.29, 1.82) is 0 Å². The van der Waals surface area contributed by atoms with Crippen molar-refractivity contribution in [3.63, 3.8) is 0 Å². The lowest BCUT2D eigenvalue weighted by Gasteiger charge is -2.41. The minimum absolute atomic E-state index is 0.114. The number of aryl methyl sites for hydroxylation is 1. The molecule has 1 aliphatic heterocycles. The minimum atomic E-state index is -3.35. The van der Waals surface area contributed by atoms with Gasteiger partial charge in [0.1, 0.15) is 0 Å². The van der Waals surface area contributed by atoms with E-state index in [9.17, 15) is 13.2 Å². The molecule has 168 valence electrons. The molecular weight excluding hydrogens is 408 g/mol. The number of carbonyl (C=O) groups excluding carboxylic acids is 1. The molecule has 31 heavy (non-hydrogen) atoms. The standard InChI is InChI=1S/C25H34N2O3S/c1-4-8-25(28)27-14-7-13-23(26-31(3,29)30)24(27)18-22-12-6-11-21(17-22)16-20-10-5-9-19(2)15-20/h5-6,9-12,15,17,23-24,26H,4,7-8,13-14,16,18H2,1-3H3. The Morgan fingerprint density at radius 3 is 2.45 bits per heavy atom. The summed E-state index contributed by atoms with van der Waals surface area (Å²) in [7, 11) is -3.35. The summed E-state index contributed by atoms with van der Waals surface area (Å²) in [6, 6.07) is 16.5. The summed E-state index contributed by atoms with van der Waals surface area (Å²) in [4.78, 5) is 14.7. The smallest absolute Gasteiger partial charge is 0.222 e. The molecule has 0 radical (unpaired) electrons. The zero-order valence-electron chi connectivity index (χ0n) is 18.8. The third-order valence-electron chi connectivity index (χ3n) is 5.86. The fourth-order valence-corrected chi connectivity index (χ4v) is 5.38. The number of hydrogen-bond acceptors (Lipinski definition) is 3. The number of rotatable bonds is 8. The second-order valence-corrected chi connectivity index (χ2v) is 10.5. The lowest BCUT2D eigenvalue weighted by atomic mass is 9.90. The predicted molar refractivity (Wildman–Crippen MR) is 126 cm³/mol. The summed E-state index contributed by atoms with van der Waals surface area (Å²) in [6.45, 7) is 4.78. The Hall–Kier alpha value is -2.18. The molecule has 0 saturated carbocycles. The molecule has 2 unspecified atom stereocenters. The molecule has 0 spiro atoms. The van der Waals surface area contributed by atoms with Crippen LogP contribution in [0.4, 0.5) is 0 Å². The number of benzene rings is 2. The fraction of sp³-hybridized carbons (Fsp3) is 0.480. The molecule has 2 aromatic carbocycles. The second-order valence-electron chi connectivity index (χ2n) is 8.73. The van der Waals surface area contributed by atoms with Gasteiger partial charge in [0, 0.05) is 19.0 Å². The summed E-state index contributed by atoms with van der Waals surface area (Å²) in [5.74, 6) is 0.114. The van der Waals surface area contributed by atoms with Crippen LogP contribution in [0, 0.1) is 6.92 Å². The summed E-state index contributed by atoms with van der Waals surface area (Å²) in [5, 5.41) is 0. The third kappa shape index (κ3) is 6.91. The summed E-state index contributed by atoms with van der Waals surface area (Å²) >= 11 is 0. The van der Waals surface area contributed by atoms with Gasteiger partial charge in [-0.25, -0.2) is 13.1 Å². The highest BCUT2D eigenvalue weighted by atomic mass is 32.2. The van der Waals surface area contributed by atoms with Gasteiger partial charge >= 0.3 is 0 Å². The average Bonchev–Trinajstić information content (AvgIpc) is 2.69. The van der Waals surface area contributed by atoms with E-state index in [0.29, 0.717) is 19.4 Å². The van der Waals surface area contributed by atoms with E-state index in [1.807, 2.05) is 11.8 Å². The highest BCUT2D eigenvalue weighted by molar-refractivity contribution is 7.88. The maximum Gasteiger partial charge on any atom is 0.222 e. The predicted octanol–water partition coefficient (Wildman–Crippen LogP) is 3.84. The van der Waals surface area contributed by atoms with Gasteiger partial charge in [-0.05, 0) is 55.7 Å². The van der Waals surface area contributed by atoms with Crippen molar-refractivity contribution in [2.24, 2.45) is 0 Å². The lowest BCUT2D eigenvalue weighted by Crippen LogP contribution is -2.57. The molecule has 5 nitrogen and oxygen atoms in total. The van der Waals surface area contributed by atoms with Gasteiger partial charge in [-0.2, -0.15) is 0 Å². The van der Waals surface area contributed by atoms with Gasteiger partial charge in [0.2, 0.25) is 15.9 Å². The van der Waals surface area contributed by atoms with E-state index in [1.165, 1.54) is 22.9 Å². The van der Waals surface area contributed by atoms with E-state index in [2.05, 4.69) is 60.2 Å². The summed E-state index contributed by atoms with van der Waals surface area (Å²) in [6.07, 6.45) is 5.53. The average molecular weight is 443 g/mol. The van der Waals surface area contributed by atoms with E-state index in [0.717, 1.165) is 31.2 Å². The van der Waals surface area contributed by atoms with Crippen LogP contribution in [0.2, 0.25) is 0 Å². The largest absolute Gasteiger partial charge is 0.338 e. The molecule has 2 atom stereocenters. The Labute approximate surface area is 186 Å². The van der Waals surface area contributed by atoms with Gasteiger partial charge in [0.05, 0.1) is 12.3 Å². The van der Waals surface area contributed by atoms with E-state index in [1.54, 1.807) is 0 Å². The maximum absolute atomic E-state index is 12.8. The molecule has 0 aromatic heterocycles. The number of amides is 1. The third-order valence-corrected chi connectivity index (χ3v) is 6.59. The minimum Gasteiger partial charge on any atom is -0.338 e. The molecule has 1 heterocycles. The Kier molecular flexibility index (Phi) is 7.89. The number of likely N-dealkylation sites (tertiary alicyclic amines) is 1. The number of piperidine rings is 1. The SMILES string of the molecule is CCCC(=O)N1CCCC(NS(C)(=O)=O)C1Cc1cccc(Cc2cccc(C)c2)c1. The summed E-state index contributed by atoms with van der Waals surface area (Å²) in [5.41, 5.74) is 4.87. The van der Waals surface area contributed by atoms with Crippen molar-refractivity contribution in [2.75, 3.05) is 12.8 Å². The number of sulfonamides is 1. The van der Waals surface area contributed by atoms with Crippen molar-refractivity contribution >= 4 is 15.9 Å². The van der Waals surface area contributed by atoms with Gasteiger partial charge < -0.3 is 4.90 Å². The van der Waals surface area contributed by atoms with Crippen LogP contribution in [-0.4, -0.2) is 44.1 Å². The van der Waals surface area contributed by atoms with Gasteiger partial charge in [0.15, 0.2) is 0 Å². The van der Waals surface area contributed by atoms with Crippen LogP contribution < -0.4 is 4.72 Å². The zero-order valence-corrected chi connectivity index (χ0v) is 19.6. The molecule has 1 fully saturated rings.